The van der Waals surface area contributed by atoms with E-state index >= 15 is 0 Å². The number of alkyl halides is 5. The lowest BCUT2D eigenvalue weighted by Crippen LogP contribution is -2.51. The number of amides is 1. The second kappa shape index (κ2) is 16.4. The monoisotopic (exact) mass is 773 g/mol. The number of rotatable bonds is 12. The van der Waals surface area contributed by atoms with E-state index in [1.807, 2.05) is 12.1 Å². The first-order valence-electron chi connectivity index (χ1n) is 19.5. The normalized spacial score (nSPS) is 29.6. The van der Waals surface area contributed by atoms with Crippen LogP contribution in [0.5, 0.6) is 11.5 Å². The summed E-state index contributed by atoms with van der Waals surface area (Å²) in [7, 11) is 2.20. The van der Waals surface area contributed by atoms with Gasteiger partial charge >= 0.3 is 18.2 Å². The summed E-state index contributed by atoms with van der Waals surface area (Å²) in [5.41, 5.74) is 1.81. The molecule has 0 aromatic heterocycles. The van der Waals surface area contributed by atoms with E-state index in [-0.39, 0.29) is 41.2 Å². The highest BCUT2D eigenvalue weighted by Gasteiger charge is 2.57. The number of carbonyl (C=O) groups is 2. The quantitative estimate of drug-likeness (QED) is 0.220. The fourth-order valence-corrected chi connectivity index (χ4v) is 11.5. The second-order valence-electron chi connectivity index (χ2n) is 16.5. The molecule has 8 nitrogen and oxygen atoms in total. The molecule has 6 atom stereocenters. The van der Waals surface area contributed by atoms with E-state index in [2.05, 4.69) is 29.1 Å². The number of carbonyl (C=O) groups excluding carboxylic acids is 2. The third-order valence-electron chi connectivity index (χ3n) is 13.4. The predicted octanol–water partition coefficient (Wildman–Crippen LogP) is 7.50. The molecule has 2 aliphatic heterocycles. The van der Waals surface area contributed by atoms with Gasteiger partial charge in [-0.25, -0.2) is 4.79 Å². The number of nitrogens with one attached hydrogen (secondary N) is 1. The molecule has 1 amide bonds. The number of methoxy groups -OCH3 is 1. The van der Waals surface area contributed by atoms with Crippen LogP contribution >= 0.6 is 0 Å². The Hall–Kier alpha value is -2.32. The number of ether oxygens (including phenoxy) is 2. The number of halogens is 5. The molecule has 0 spiro atoms. The molecule has 14 heteroatoms. The smallest absolute Gasteiger partial charge is 0.453 e. The van der Waals surface area contributed by atoms with E-state index in [9.17, 15) is 35.8 Å². The zero-order valence-electron chi connectivity index (χ0n) is 31.3. The number of Topliss-reactive ketones (excluding diaryl/α,β-unsaturated/α-hetero) is 1. The molecule has 1 N–H and O–H groups in total. The molecular formula is C39H56F5N3O5S. The van der Waals surface area contributed by atoms with Gasteiger partial charge in [0.2, 0.25) is 0 Å². The van der Waals surface area contributed by atoms with E-state index < -0.39 is 47.2 Å². The Balaban J connectivity index is 1.10. The second-order valence-corrected chi connectivity index (χ2v) is 18.2. The lowest BCUT2D eigenvalue weighted by Gasteiger charge is -2.52. The van der Waals surface area contributed by atoms with Gasteiger partial charge < -0.3 is 24.6 Å². The van der Waals surface area contributed by atoms with Gasteiger partial charge in [-0.2, -0.15) is 22.0 Å². The maximum absolute atomic E-state index is 13.4. The Bertz CT molecular complexity index is 1500. The average Bonchev–Trinajstić information content (AvgIpc) is 3.41. The summed E-state index contributed by atoms with van der Waals surface area (Å²) in [6, 6.07) is 4.53. The Labute approximate surface area is 312 Å². The topological polar surface area (TPSA) is 88.2 Å². The van der Waals surface area contributed by atoms with E-state index in [0.29, 0.717) is 49.0 Å². The standard InChI is InChI=1S/C39H56F5N3O5S/c1-37-15-9-29-30-24-32(51-3)33(52-36(49)45-27-10-18-47(19-11-27)28-12-16-46(2)17-13-28)23-26(30)22-25(35(29)31(37)7-8-34(37)48)6-4-20-53(50)21-5-14-38(40,41)39(42,43)44/h23-25,27-29,31,35H,4-22H2,1-3H3,(H,45,49)/t25-,29-,31+,35-,37+,53?/m1/s1. The van der Waals surface area contributed by atoms with Gasteiger partial charge in [-0.1, -0.05) is 6.92 Å². The fraction of sp³-hybridized carbons (Fsp3) is 0.795. The van der Waals surface area contributed by atoms with Crippen LogP contribution in [0.1, 0.15) is 101 Å². The number of benzene rings is 1. The van der Waals surface area contributed by atoms with Crippen molar-refractivity contribution < 1.29 is 45.2 Å². The summed E-state index contributed by atoms with van der Waals surface area (Å²) in [5, 5.41) is 3.08. The molecule has 5 aliphatic rings. The van der Waals surface area contributed by atoms with Crippen LogP contribution in [0.15, 0.2) is 12.1 Å². The minimum atomic E-state index is -5.61. The first kappa shape index (κ1) is 40.3. The summed E-state index contributed by atoms with van der Waals surface area (Å²) < 4.78 is 88.8. The van der Waals surface area contributed by atoms with E-state index in [0.717, 1.165) is 69.4 Å². The van der Waals surface area contributed by atoms with Gasteiger partial charge in [0.15, 0.2) is 11.5 Å². The maximum Gasteiger partial charge on any atom is 0.453 e. The molecule has 2 heterocycles. The molecule has 4 fully saturated rings. The van der Waals surface area contributed by atoms with Crippen LogP contribution in [0.2, 0.25) is 0 Å². The number of ketones is 1. The summed E-state index contributed by atoms with van der Waals surface area (Å²) in [5.74, 6) is -2.95. The number of likely N-dealkylation sites (tertiary alicyclic amines) is 2. The highest BCUT2D eigenvalue weighted by molar-refractivity contribution is 7.84. The molecule has 2 saturated carbocycles. The van der Waals surface area contributed by atoms with Crippen LogP contribution in [0.3, 0.4) is 0 Å². The van der Waals surface area contributed by atoms with Gasteiger partial charge in [-0.15, -0.1) is 0 Å². The van der Waals surface area contributed by atoms with Crippen molar-refractivity contribution >= 4 is 22.7 Å². The van der Waals surface area contributed by atoms with Crippen LogP contribution in [0, 0.1) is 23.2 Å². The van der Waals surface area contributed by atoms with E-state index in [1.54, 1.807) is 7.11 Å². The van der Waals surface area contributed by atoms with Crippen molar-refractivity contribution in [3.8, 4) is 11.5 Å². The van der Waals surface area contributed by atoms with Gasteiger partial charge in [0.05, 0.1) is 7.11 Å². The summed E-state index contributed by atoms with van der Waals surface area (Å²) in [6.45, 7) is 6.21. The molecule has 2 saturated heterocycles. The van der Waals surface area contributed by atoms with Gasteiger partial charge in [0.25, 0.3) is 0 Å². The molecule has 0 radical (unpaired) electrons. The van der Waals surface area contributed by atoms with Crippen molar-refractivity contribution in [2.75, 3.05) is 51.8 Å². The Morgan fingerprint density at radius 2 is 1.68 bits per heavy atom. The molecule has 1 aromatic carbocycles. The minimum absolute atomic E-state index is 0.0242. The number of fused-ring (bicyclic) bond motifs is 5. The number of nitrogens with zero attached hydrogens (tertiary/aromatic N) is 2. The van der Waals surface area contributed by atoms with Crippen molar-refractivity contribution in [3.05, 3.63) is 23.3 Å². The Morgan fingerprint density at radius 3 is 2.36 bits per heavy atom. The molecule has 3 aliphatic carbocycles. The molecule has 53 heavy (non-hydrogen) atoms. The van der Waals surface area contributed by atoms with Crippen molar-refractivity contribution in [2.45, 2.75) is 120 Å². The summed E-state index contributed by atoms with van der Waals surface area (Å²) in [4.78, 5) is 31.3. The molecule has 298 valence electrons. The Morgan fingerprint density at radius 1 is 0.981 bits per heavy atom. The predicted molar refractivity (Wildman–Crippen MR) is 193 cm³/mol. The van der Waals surface area contributed by atoms with Gasteiger partial charge in [-0.3, -0.25) is 9.00 Å². The lowest BCUT2D eigenvalue weighted by molar-refractivity contribution is -0.284. The zero-order chi connectivity index (χ0) is 38.1. The summed E-state index contributed by atoms with van der Waals surface area (Å²) in [6.07, 6.45) is 0.967. The third-order valence-corrected chi connectivity index (χ3v) is 14.9. The number of hydrogen-bond acceptors (Lipinski definition) is 7. The van der Waals surface area contributed by atoms with Gasteiger partial charge in [-0.05, 0) is 138 Å². The average molecular weight is 774 g/mol. The highest BCUT2D eigenvalue weighted by Crippen LogP contribution is 2.62. The van der Waals surface area contributed by atoms with Gasteiger partial charge in [0.1, 0.15) is 5.78 Å². The Kier molecular flexibility index (Phi) is 12.5. The van der Waals surface area contributed by atoms with Crippen molar-refractivity contribution in [3.63, 3.8) is 0 Å². The fourth-order valence-electron chi connectivity index (χ4n) is 10.4. The van der Waals surface area contributed by atoms with Crippen LogP contribution < -0.4 is 14.8 Å². The van der Waals surface area contributed by atoms with Gasteiger partial charge in [0, 0.05) is 65.7 Å². The van der Waals surface area contributed by atoms with E-state index in [4.69, 9.17) is 9.47 Å². The number of piperidine rings is 2. The first-order chi connectivity index (χ1) is 25.1. The molecule has 1 aromatic rings. The zero-order valence-corrected chi connectivity index (χ0v) is 32.1. The maximum atomic E-state index is 13.4. The largest absolute Gasteiger partial charge is 0.493 e. The molecule has 0 bridgehead atoms. The van der Waals surface area contributed by atoms with E-state index in [1.165, 1.54) is 12.8 Å². The van der Waals surface area contributed by atoms with Crippen LogP contribution in [-0.4, -0.2) is 102 Å². The molecule has 6 rings (SSSR count). The molecule has 1 unspecified atom stereocenters. The van der Waals surface area contributed by atoms with Crippen molar-refractivity contribution in [1.82, 2.24) is 15.1 Å². The van der Waals surface area contributed by atoms with Crippen LogP contribution in [0.25, 0.3) is 0 Å². The highest BCUT2D eigenvalue weighted by atomic mass is 32.2. The SMILES string of the molecule is COc1cc2c(cc1OC(=O)NC1CCN(C3CCN(C)CC3)CC1)C[C@@H](CCCS(=O)CCCC(F)(F)C(F)(F)F)[C@@H]1[C@@H]2CC[C@]2(C)C(=O)CC[C@@H]12. The lowest BCUT2D eigenvalue weighted by atomic mass is 9.52. The summed E-state index contributed by atoms with van der Waals surface area (Å²) >= 11 is 0. The van der Waals surface area contributed by atoms with Crippen molar-refractivity contribution in [1.29, 1.82) is 0 Å². The van der Waals surface area contributed by atoms with Crippen molar-refractivity contribution in [2.24, 2.45) is 23.2 Å². The third kappa shape index (κ3) is 8.90. The number of hydrogen-bond donors (Lipinski definition) is 1. The molecular weight excluding hydrogens is 718 g/mol. The van der Waals surface area contributed by atoms with Crippen LogP contribution in [0.4, 0.5) is 26.7 Å². The van der Waals surface area contributed by atoms with Crippen LogP contribution in [-0.2, 0) is 22.0 Å². The minimum Gasteiger partial charge on any atom is -0.493 e. The first-order valence-corrected chi connectivity index (χ1v) is 21.0.